The van der Waals surface area contributed by atoms with E-state index in [1.807, 2.05) is 6.07 Å². The average Bonchev–Trinajstić information content (AvgIpc) is 2.41. The third-order valence-corrected chi connectivity index (χ3v) is 4.90. The zero-order chi connectivity index (χ0) is 15.2. The molecule has 0 bridgehead atoms. The molecule has 0 radical (unpaired) electrons. The lowest BCUT2D eigenvalue weighted by atomic mass is 10.3. The summed E-state index contributed by atoms with van der Waals surface area (Å²) in [4.78, 5) is 3.91. The molecular formula is C12H16ClN3O3S. The molecule has 0 aliphatic rings. The molecule has 1 rings (SSSR count). The highest BCUT2D eigenvalue weighted by Crippen LogP contribution is 2.20. The molecule has 0 N–H and O–H groups in total. The Balaban J connectivity index is 3.07. The molecule has 1 heterocycles. The molecule has 0 spiro atoms. The third kappa shape index (κ3) is 4.15. The zero-order valence-electron chi connectivity index (χ0n) is 11.3. The molecule has 6 nitrogen and oxygen atoms in total. The zero-order valence-corrected chi connectivity index (χ0v) is 12.9. The van der Waals surface area contributed by atoms with Crippen molar-refractivity contribution in [2.45, 2.75) is 18.2 Å². The summed E-state index contributed by atoms with van der Waals surface area (Å²) in [5.41, 5.74) is 0.583. The summed E-state index contributed by atoms with van der Waals surface area (Å²) in [6.07, 6.45) is 1.33. The van der Waals surface area contributed by atoms with Gasteiger partial charge in [-0.2, -0.15) is 9.57 Å². The van der Waals surface area contributed by atoms with Crippen molar-refractivity contribution in [3.8, 4) is 6.07 Å². The molecule has 8 heteroatoms. The standard InChI is InChI=1S/C12H16ClN3O3S/c1-10-8-11(9-15-12(10)13)20(17,18)16(5-3-4-14)6-7-19-2/h8-9H,3,5-7H2,1-2H3. The van der Waals surface area contributed by atoms with Crippen molar-refractivity contribution in [1.82, 2.24) is 9.29 Å². The first-order chi connectivity index (χ1) is 9.43. The fourth-order valence-electron chi connectivity index (χ4n) is 1.54. The Bertz CT molecular complexity index is 598. The van der Waals surface area contributed by atoms with E-state index in [4.69, 9.17) is 21.6 Å². The van der Waals surface area contributed by atoms with Crippen LogP contribution in [0.3, 0.4) is 0 Å². The van der Waals surface area contributed by atoms with Crippen LogP contribution in [-0.2, 0) is 14.8 Å². The van der Waals surface area contributed by atoms with Gasteiger partial charge in [0.25, 0.3) is 0 Å². The van der Waals surface area contributed by atoms with Gasteiger partial charge in [-0.15, -0.1) is 0 Å². The van der Waals surface area contributed by atoms with Crippen LogP contribution in [0.5, 0.6) is 0 Å². The lowest BCUT2D eigenvalue weighted by molar-refractivity contribution is 0.179. The van der Waals surface area contributed by atoms with Crippen LogP contribution in [0.25, 0.3) is 0 Å². The van der Waals surface area contributed by atoms with E-state index in [9.17, 15) is 8.42 Å². The fourth-order valence-corrected chi connectivity index (χ4v) is 3.10. The maximum absolute atomic E-state index is 12.5. The molecule has 20 heavy (non-hydrogen) atoms. The summed E-state index contributed by atoms with van der Waals surface area (Å²) in [5, 5.41) is 8.89. The monoisotopic (exact) mass is 317 g/mol. The van der Waals surface area contributed by atoms with Crippen LogP contribution in [0, 0.1) is 18.3 Å². The predicted octanol–water partition coefficient (Wildman–Crippen LogP) is 1.59. The molecule has 110 valence electrons. The van der Waals surface area contributed by atoms with Crippen LogP contribution < -0.4 is 0 Å². The number of nitriles is 1. The van der Waals surface area contributed by atoms with Gasteiger partial charge < -0.3 is 4.74 Å². The minimum Gasteiger partial charge on any atom is -0.383 e. The number of pyridine rings is 1. The quantitative estimate of drug-likeness (QED) is 0.713. The van der Waals surface area contributed by atoms with Gasteiger partial charge in [-0.3, -0.25) is 0 Å². The van der Waals surface area contributed by atoms with Crippen molar-refractivity contribution in [2.24, 2.45) is 0 Å². The van der Waals surface area contributed by atoms with Crippen molar-refractivity contribution in [2.75, 3.05) is 26.8 Å². The van der Waals surface area contributed by atoms with E-state index in [-0.39, 0.29) is 36.2 Å². The number of aromatic nitrogens is 1. The van der Waals surface area contributed by atoms with Crippen LogP contribution in [0.2, 0.25) is 5.15 Å². The van der Waals surface area contributed by atoms with Crippen molar-refractivity contribution in [3.05, 3.63) is 23.0 Å². The Labute approximate surface area is 124 Å². The van der Waals surface area contributed by atoms with Crippen LogP contribution in [0.1, 0.15) is 12.0 Å². The number of halogens is 1. The highest BCUT2D eigenvalue weighted by atomic mass is 35.5. The van der Waals surface area contributed by atoms with Gasteiger partial charge in [0.15, 0.2) is 0 Å². The van der Waals surface area contributed by atoms with Crippen molar-refractivity contribution < 1.29 is 13.2 Å². The molecule has 1 aromatic heterocycles. The molecule has 0 amide bonds. The number of sulfonamides is 1. The van der Waals surface area contributed by atoms with Gasteiger partial charge in [0, 0.05) is 32.8 Å². The van der Waals surface area contributed by atoms with Crippen LogP contribution in [-0.4, -0.2) is 44.5 Å². The molecule has 0 saturated carbocycles. The van der Waals surface area contributed by atoms with E-state index in [1.54, 1.807) is 6.92 Å². The SMILES string of the molecule is COCCN(CCC#N)S(=O)(=O)c1cnc(Cl)c(C)c1. The van der Waals surface area contributed by atoms with Gasteiger partial charge in [0.2, 0.25) is 10.0 Å². The normalized spacial score (nSPS) is 11.6. The molecule has 0 unspecified atom stereocenters. The summed E-state index contributed by atoms with van der Waals surface area (Å²) in [5.74, 6) is 0. The van der Waals surface area contributed by atoms with Crippen LogP contribution in [0.15, 0.2) is 17.2 Å². The Hall–Kier alpha value is -1.20. The highest BCUT2D eigenvalue weighted by molar-refractivity contribution is 7.89. The number of hydrogen-bond acceptors (Lipinski definition) is 5. The van der Waals surface area contributed by atoms with E-state index in [1.165, 1.54) is 23.7 Å². The highest BCUT2D eigenvalue weighted by Gasteiger charge is 2.24. The molecule has 0 atom stereocenters. The Kier molecular flexibility index (Phi) is 6.36. The molecule has 1 aromatic rings. The minimum atomic E-state index is -3.70. The van der Waals surface area contributed by atoms with Crippen LogP contribution >= 0.6 is 11.6 Å². The molecular weight excluding hydrogens is 302 g/mol. The largest absolute Gasteiger partial charge is 0.383 e. The summed E-state index contributed by atoms with van der Waals surface area (Å²) < 4.78 is 31.1. The van der Waals surface area contributed by atoms with Gasteiger partial charge in [-0.25, -0.2) is 13.4 Å². The van der Waals surface area contributed by atoms with Gasteiger partial charge in [0.05, 0.1) is 12.7 Å². The number of rotatable bonds is 7. The van der Waals surface area contributed by atoms with Gasteiger partial charge in [-0.1, -0.05) is 11.6 Å². The third-order valence-electron chi connectivity index (χ3n) is 2.64. The topological polar surface area (TPSA) is 83.3 Å². The summed E-state index contributed by atoms with van der Waals surface area (Å²) >= 11 is 5.79. The number of nitrogens with zero attached hydrogens (tertiary/aromatic N) is 3. The lowest BCUT2D eigenvalue weighted by Crippen LogP contribution is -2.34. The lowest BCUT2D eigenvalue weighted by Gasteiger charge is -2.20. The Morgan fingerprint density at radius 3 is 2.75 bits per heavy atom. The second kappa shape index (κ2) is 7.55. The van der Waals surface area contributed by atoms with Gasteiger partial charge in [-0.05, 0) is 18.6 Å². The molecule has 0 aliphatic heterocycles. The number of aryl methyl sites for hydroxylation is 1. The molecule has 0 fully saturated rings. The van der Waals surface area contributed by atoms with E-state index in [2.05, 4.69) is 4.98 Å². The number of ether oxygens (including phenoxy) is 1. The minimum absolute atomic E-state index is 0.0634. The van der Waals surface area contributed by atoms with E-state index in [0.29, 0.717) is 5.56 Å². The van der Waals surface area contributed by atoms with E-state index in [0.717, 1.165) is 0 Å². The average molecular weight is 318 g/mol. The number of hydrogen-bond donors (Lipinski definition) is 0. The van der Waals surface area contributed by atoms with Crippen molar-refractivity contribution in [3.63, 3.8) is 0 Å². The maximum atomic E-state index is 12.5. The maximum Gasteiger partial charge on any atom is 0.244 e. The Morgan fingerprint density at radius 2 is 2.20 bits per heavy atom. The predicted molar refractivity (Wildman–Crippen MR) is 74.8 cm³/mol. The first kappa shape index (κ1) is 16.9. The van der Waals surface area contributed by atoms with E-state index < -0.39 is 10.0 Å². The Morgan fingerprint density at radius 1 is 1.50 bits per heavy atom. The summed E-state index contributed by atoms with van der Waals surface area (Å²) in [7, 11) is -2.21. The van der Waals surface area contributed by atoms with Crippen LogP contribution in [0.4, 0.5) is 0 Å². The summed E-state index contributed by atoms with van der Waals surface area (Å²) in [6, 6.07) is 3.40. The second-order valence-corrected chi connectivity index (χ2v) is 6.38. The first-order valence-corrected chi connectivity index (χ1v) is 7.73. The summed E-state index contributed by atoms with van der Waals surface area (Å²) in [6.45, 7) is 2.24. The molecule has 0 aromatic carbocycles. The first-order valence-electron chi connectivity index (χ1n) is 5.91. The van der Waals surface area contributed by atoms with Crippen molar-refractivity contribution >= 4 is 21.6 Å². The van der Waals surface area contributed by atoms with Gasteiger partial charge >= 0.3 is 0 Å². The van der Waals surface area contributed by atoms with Crippen molar-refractivity contribution in [1.29, 1.82) is 5.26 Å². The van der Waals surface area contributed by atoms with E-state index >= 15 is 0 Å². The second-order valence-electron chi connectivity index (χ2n) is 4.08. The smallest absolute Gasteiger partial charge is 0.244 e. The van der Waals surface area contributed by atoms with Gasteiger partial charge in [0.1, 0.15) is 10.0 Å². The fraction of sp³-hybridized carbons (Fsp3) is 0.500. The molecule has 0 saturated heterocycles. The number of methoxy groups -OCH3 is 1. The molecule has 0 aliphatic carbocycles.